The Hall–Kier alpha value is -4.32. The first-order valence-corrected chi connectivity index (χ1v) is 9.71. The maximum atomic E-state index is 14.8. The molecule has 0 radical (unpaired) electrons. The number of carbonyl (C=O) groups excluding carboxylic acids is 1. The Balaban J connectivity index is 0.00000227. The molecule has 11 nitrogen and oxygen atoms in total. The average Bonchev–Trinajstić information content (AvgIpc) is 3.23. The van der Waals surface area contributed by atoms with E-state index in [-0.39, 0.29) is 29.5 Å². The number of aromatic nitrogens is 1. The number of alkyl halides is 1. The Bertz CT molecular complexity index is 909. The summed E-state index contributed by atoms with van der Waals surface area (Å²) in [6, 6.07) is 2.75. The monoisotopic (exact) mass is 446 g/mol. The second-order valence-corrected chi connectivity index (χ2v) is 6.28. The number of H-pyrrole nitrogens is 1. The first-order valence-electron chi connectivity index (χ1n) is 9.71. The Kier molecular flexibility index (Phi) is 12.0. The molecule has 174 valence electrons. The third kappa shape index (κ3) is 7.50. The van der Waals surface area contributed by atoms with Gasteiger partial charge in [-0.1, -0.05) is 13.8 Å². The minimum atomic E-state index is -1.33. The number of aromatic amines is 1. The summed E-state index contributed by atoms with van der Waals surface area (Å²) >= 11 is 0. The van der Waals surface area contributed by atoms with Crippen LogP contribution < -0.4 is 34.0 Å². The molecule has 2 heterocycles. The summed E-state index contributed by atoms with van der Waals surface area (Å²) in [5.41, 5.74) is 28.6. The number of hydrogen-bond acceptors (Lipinski definition) is 9. The third-order valence-corrected chi connectivity index (χ3v) is 4.38. The number of nitrogens with two attached hydrogens (primary N) is 5. The number of nitrogens with zero attached hydrogens (tertiary/aromatic N) is 3. The number of nitrogens with one attached hydrogen (secondary N) is 2. The van der Waals surface area contributed by atoms with Crippen LogP contribution in [0.5, 0.6) is 0 Å². The van der Waals surface area contributed by atoms with Gasteiger partial charge >= 0.3 is 0 Å². The van der Waals surface area contributed by atoms with Gasteiger partial charge in [0.2, 0.25) is 0 Å². The predicted molar refractivity (Wildman–Crippen MR) is 122 cm³/mol. The van der Waals surface area contributed by atoms with Gasteiger partial charge in [0.1, 0.15) is 29.5 Å². The molecule has 0 aliphatic carbocycles. The fourth-order valence-corrected chi connectivity index (χ4v) is 2.83. The van der Waals surface area contributed by atoms with Crippen LogP contribution in [0.3, 0.4) is 0 Å². The molecule has 32 heavy (non-hydrogen) atoms. The Morgan fingerprint density at radius 2 is 1.94 bits per heavy atom. The molecule has 1 amide bonds. The summed E-state index contributed by atoms with van der Waals surface area (Å²) < 4.78 is 14.8. The zero-order chi connectivity index (χ0) is 24.8. The van der Waals surface area contributed by atoms with E-state index in [4.69, 9.17) is 39.2 Å². The first-order chi connectivity index (χ1) is 15.2. The maximum absolute atomic E-state index is 14.8. The van der Waals surface area contributed by atoms with E-state index in [1.54, 1.807) is 23.2 Å². The lowest BCUT2D eigenvalue weighted by Gasteiger charge is -2.37. The van der Waals surface area contributed by atoms with Crippen LogP contribution in [0.4, 0.5) is 10.2 Å². The van der Waals surface area contributed by atoms with Crippen LogP contribution in [0.25, 0.3) is 5.70 Å². The number of amides is 1. The highest BCUT2D eigenvalue weighted by Gasteiger charge is 2.31. The van der Waals surface area contributed by atoms with Crippen LogP contribution in [0.1, 0.15) is 25.8 Å². The zero-order valence-corrected chi connectivity index (χ0v) is 18.2. The van der Waals surface area contributed by atoms with Crippen molar-refractivity contribution in [2.45, 2.75) is 32.5 Å². The van der Waals surface area contributed by atoms with Gasteiger partial charge in [-0.3, -0.25) is 4.79 Å². The SMILES string of the molecule is C#N.CC.N#C/C(N)=C/C=C(\N)N1CCC(N/C(=C(/N)C(N)=O)c2cc[nH]c2N)C(F)C1. The minimum Gasteiger partial charge on any atom is -0.393 e. The van der Waals surface area contributed by atoms with Crippen molar-refractivity contribution in [3.8, 4) is 12.6 Å². The highest BCUT2D eigenvalue weighted by atomic mass is 19.1. The first kappa shape index (κ1) is 27.7. The average molecular weight is 447 g/mol. The second kappa shape index (κ2) is 13.8. The van der Waals surface area contributed by atoms with Gasteiger partial charge in [-0.05, 0) is 24.6 Å². The van der Waals surface area contributed by atoms with Crippen molar-refractivity contribution in [2.24, 2.45) is 22.9 Å². The molecule has 0 saturated carbocycles. The minimum absolute atomic E-state index is 0.00269. The van der Waals surface area contributed by atoms with Crippen molar-refractivity contribution in [3.05, 3.63) is 47.2 Å². The highest BCUT2D eigenvalue weighted by Crippen LogP contribution is 2.24. The standard InChI is InChI=1S/C17H24FN9O.C2H6.CHN/c18-11-8-27(13(21)2-1-9(20)7-19)6-4-12(11)26-15(14(22)17(24)28)10-3-5-25-16(10)23;2*1-2/h1-3,5,11-12,25-26H,4,6,8,20-23H2,(H2,24,28);1-2H3;1H/b9-1-,13-2+,15-14+;;. The van der Waals surface area contributed by atoms with Crippen molar-refractivity contribution in [1.82, 2.24) is 15.2 Å². The van der Waals surface area contributed by atoms with E-state index in [9.17, 15) is 9.18 Å². The molecule has 0 spiro atoms. The largest absolute Gasteiger partial charge is 0.393 e. The number of allylic oxidation sites excluding steroid dienone is 3. The van der Waals surface area contributed by atoms with E-state index in [2.05, 4.69) is 16.9 Å². The number of nitriles is 2. The zero-order valence-electron chi connectivity index (χ0n) is 18.2. The summed E-state index contributed by atoms with van der Waals surface area (Å²) in [5, 5.41) is 18.1. The van der Waals surface area contributed by atoms with Gasteiger partial charge in [0, 0.05) is 24.9 Å². The molecule has 1 fully saturated rings. The molecule has 1 aromatic heterocycles. The Morgan fingerprint density at radius 1 is 1.31 bits per heavy atom. The lowest BCUT2D eigenvalue weighted by Crippen LogP contribution is -2.51. The molecule has 12 heteroatoms. The van der Waals surface area contributed by atoms with Gasteiger partial charge in [0.05, 0.1) is 24.1 Å². The highest BCUT2D eigenvalue weighted by molar-refractivity contribution is 5.99. The molecule has 0 aromatic carbocycles. The topological polar surface area (TPSA) is 226 Å². The Labute approximate surface area is 187 Å². The summed E-state index contributed by atoms with van der Waals surface area (Å²) in [6.45, 7) is 7.94. The summed E-state index contributed by atoms with van der Waals surface area (Å²) in [7, 11) is 0. The van der Waals surface area contributed by atoms with Crippen LogP contribution in [0.2, 0.25) is 0 Å². The van der Waals surface area contributed by atoms with Gasteiger partial charge in [-0.25, -0.2) is 9.65 Å². The van der Waals surface area contributed by atoms with Crippen molar-refractivity contribution in [1.29, 1.82) is 10.5 Å². The van der Waals surface area contributed by atoms with E-state index in [1.807, 2.05) is 13.8 Å². The van der Waals surface area contributed by atoms with E-state index < -0.39 is 18.1 Å². The van der Waals surface area contributed by atoms with Gasteiger partial charge in [-0.15, -0.1) is 0 Å². The van der Waals surface area contributed by atoms with E-state index in [0.717, 1.165) is 0 Å². The molecule has 1 saturated heterocycles. The summed E-state index contributed by atoms with van der Waals surface area (Å²) in [5.74, 6) is -0.278. The fraction of sp³-hybridized carbons (Fsp3) is 0.350. The lowest BCUT2D eigenvalue weighted by molar-refractivity contribution is -0.114. The molecular weight excluding hydrogens is 415 g/mol. The molecule has 2 atom stereocenters. The smallest absolute Gasteiger partial charge is 0.266 e. The maximum Gasteiger partial charge on any atom is 0.266 e. The van der Waals surface area contributed by atoms with E-state index in [1.165, 1.54) is 12.2 Å². The van der Waals surface area contributed by atoms with E-state index in [0.29, 0.717) is 24.4 Å². The van der Waals surface area contributed by atoms with Crippen LogP contribution in [-0.4, -0.2) is 41.1 Å². The molecule has 0 bridgehead atoms. The molecule has 2 rings (SSSR count). The number of carbonyl (C=O) groups is 1. The van der Waals surface area contributed by atoms with Crippen molar-refractivity contribution < 1.29 is 9.18 Å². The molecule has 1 aliphatic rings. The van der Waals surface area contributed by atoms with Crippen molar-refractivity contribution in [2.75, 3.05) is 18.8 Å². The summed E-state index contributed by atoms with van der Waals surface area (Å²) in [4.78, 5) is 16.0. The number of rotatable bonds is 6. The molecular formula is C20H31FN10O. The summed E-state index contributed by atoms with van der Waals surface area (Å²) in [6.07, 6.45) is 3.43. The predicted octanol–water partition coefficient (Wildman–Crippen LogP) is 0.0438. The number of halogens is 1. The van der Waals surface area contributed by atoms with Gasteiger partial charge in [0.25, 0.3) is 5.91 Å². The van der Waals surface area contributed by atoms with Crippen LogP contribution in [-0.2, 0) is 4.79 Å². The van der Waals surface area contributed by atoms with Gasteiger partial charge < -0.3 is 43.9 Å². The second-order valence-electron chi connectivity index (χ2n) is 6.28. The fourth-order valence-electron chi connectivity index (χ4n) is 2.83. The van der Waals surface area contributed by atoms with Crippen LogP contribution in [0.15, 0.2) is 41.6 Å². The Morgan fingerprint density at radius 3 is 2.41 bits per heavy atom. The molecule has 2 unspecified atom stereocenters. The van der Waals surface area contributed by atoms with Crippen LogP contribution in [0, 0.1) is 23.2 Å². The number of piperidine rings is 1. The number of hydrogen-bond donors (Lipinski definition) is 7. The van der Waals surface area contributed by atoms with Crippen molar-refractivity contribution >= 4 is 17.4 Å². The van der Waals surface area contributed by atoms with E-state index >= 15 is 0 Å². The lowest BCUT2D eigenvalue weighted by atomic mass is 10.0. The van der Waals surface area contributed by atoms with Gasteiger partial charge in [-0.2, -0.15) is 5.26 Å². The molecule has 1 aliphatic heterocycles. The van der Waals surface area contributed by atoms with Gasteiger partial charge in [0.15, 0.2) is 0 Å². The number of anilines is 1. The van der Waals surface area contributed by atoms with Crippen LogP contribution >= 0.6 is 0 Å². The quantitative estimate of drug-likeness (QED) is 0.177. The molecule has 12 N–H and O–H groups in total. The molecule has 1 aromatic rings. The third-order valence-electron chi connectivity index (χ3n) is 4.38. The van der Waals surface area contributed by atoms with Crippen molar-refractivity contribution in [3.63, 3.8) is 0 Å². The normalized spacial score (nSPS) is 19.2. The number of likely N-dealkylation sites (tertiary alicyclic amines) is 1. The number of nitrogen functional groups attached to an aromatic ring is 1. The number of primary amides is 1.